The summed E-state index contributed by atoms with van der Waals surface area (Å²) in [5.74, 6) is -1.01. The molecule has 13 heteroatoms. The molecule has 4 rings (SSSR count). The first kappa shape index (κ1) is 31.8. The second-order valence-corrected chi connectivity index (χ2v) is 10.3. The molecule has 0 bridgehead atoms. The zero-order chi connectivity index (χ0) is 31.0. The van der Waals surface area contributed by atoms with E-state index in [0.717, 1.165) is 44.2 Å². The number of anilines is 1. The summed E-state index contributed by atoms with van der Waals surface area (Å²) in [5.41, 5.74) is 0.0806. The van der Waals surface area contributed by atoms with Gasteiger partial charge in [-0.05, 0) is 60.9 Å². The van der Waals surface area contributed by atoms with Crippen molar-refractivity contribution in [1.82, 2.24) is 10.6 Å². The second kappa shape index (κ2) is 13.9. The van der Waals surface area contributed by atoms with Crippen LogP contribution in [0.15, 0.2) is 65.1 Å². The number of amides is 2. The maximum Gasteiger partial charge on any atom is 0.573 e. The highest BCUT2D eigenvalue weighted by Crippen LogP contribution is 2.32. The Morgan fingerprint density at radius 1 is 0.860 bits per heavy atom. The average molecular weight is 612 g/mol. The van der Waals surface area contributed by atoms with Crippen LogP contribution in [-0.2, 0) is 11.0 Å². The van der Waals surface area contributed by atoms with Crippen LogP contribution in [0.25, 0.3) is 11.3 Å². The van der Waals surface area contributed by atoms with Crippen molar-refractivity contribution in [3.63, 3.8) is 0 Å². The van der Waals surface area contributed by atoms with Crippen molar-refractivity contribution in [2.45, 2.75) is 57.1 Å². The molecule has 3 aromatic rings. The molecule has 1 saturated carbocycles. The molecule has 0 spiro atoms. The summed E-state index contributed by atoms with van der Waals surface area (Å²) in [7, 11) is 0. The Labute approximate surface area is 244 Å². The first-order valence-corrected chi connectivity index (χ1v) is 13.8. The van der Waals surface area contributed by atoms with Crippen molar-refractivity contribution in [1.29, 1.82) is 0 Å². The van der Waals surface area contributed by atoms with Gasteiger partial charge in [-0.2, -0.15) is 13.2 Å². The van der Waals surface area contributed by atoms with Crippen LogP contribution in [-0.4, -0.2) is 37.3 Å². The Morgan fingerprint density at radius 3 is 2.16 bits per heavy atom. The molecule has 0 aliphatic heterocycles. The van der Waals surface area contributed by atoms with Crippen LogP contribution in [0.1, 0.15) is 54.6 Å². The standard InChI is InChI=1S/C30H31F6N3O4/c31-29(32,33)21-8-6-20(7-9-21)25-14-15-26(42-25)28(41)39-24(18-19-4-2-1-3-5-19)27(40)38-17-16-37-22-10-12-23(13-11-22)43-30(34,35)36/h6-15,19,24,37H,1-5,16-18H2,(H,38,40)(H,39,41)/t24-/m0/s1. The van der Waals surface area contributed by atoms with Gasteiger partial charge in [0.25, 0.3) is 5.91 Å². The maximum absolute atomic E-state index is 13.1. The van der Waals surface area contributed by atoms with E-state index in [2.05, 4.69) is 20.7 Å². The third-order valence-corrected chi connectivity index (χ3v) is 7.08. The largest absolute Gasteiger partial charge is 0.573 e. The lowest BCUT2D eigenvalue weighted by Crippen LogP contribution is -2.48. The fraction of sp³-hybridized carbons (Fsp3) is 0.400. The fourth-order valence-electron chi connectivity index (χ4n) is 4.95. The molecule has 1 aliphatic rings. The van der Waals surface area contributed by atoms with Crippen molar-refractivity contribution in [2.75, 3.05) is 18.4 Å². The van der Waals surface area contributed by atoms with E-state index in [1.54, 1.807) is 0 Å². The monoisotopic (exact) mass is 611 g/mol. The summed E-state index contributed by atoms with van der Waals surface area (Å²) >= 11 is 0. The molecule has 2 aromatic carbocycles. The number of hydrogen-bond donors (Lipinski definition) is 3. The first-order chi connectivity index (χ1) is 20.4. The van der Waals surface area contributed by atoms with E-state index in [9.17, 15) is 35.9 Å². The molecule has 1 atom stereocenters. The molecular formula is C30H31F6N3O4. The molecule has 232 valence electrons. The summed E-state index contributed by atoms with van der Waals surface area (Å²) in [6.07, 6.45) is -3.75. The van der Waals surface area contributed by atoms with Crippen molar-refractivity contribution in [3.8, 4) is 17.1 Å². The number of benzene rings is 2. The maximum atomic E-state index is 13.1. The third-order valence-electron chi connectivity index (χ3n) is 7.08. The Morgan fingerprint density at radius 2 is 1.53 bits per heavy atom. The zero-order valence-electron chi connectivity index (χ0n) is 23.0. The topological polar surface area (TPSA) is 92.6 Å². The van der Waals surface area contributed by atoms with Crippen LogP contribution in [0.5, 0.6) is 5.75 Å². The second-order valence-electron chi connectivity index (χ2n) is 10.3. The number of carbonyl (C=O) groups excluding carboxylic acids is 2. The Bertz CT molecular complexity index is 1350. The van der Waals surface area contributed by atoms with Crippen molar-refractivity contribution >= 4 is 17.5 Å². The molecular weight excluding hydrogens is 580 g/mol. The van der Waals surface area contributed by atoms with Crippen molar-refractivity contribution < 1.29 is 45.1 Å². The van der Waals surface area contributed by atoms with Crippen molar-refractivity contribution in [2.24, 2.45) is 5.92 Å². The quantitative estimate of drug-likeness (QED) is 0.158. The highest BCUT2D eigenvalue weighted by atomic mass is 19.4. The number of furan rings is 1. The lowest BCUT2D eigenvalue weighted by Gasteiger charge is -2.26. The van der Waals surface area contributed by atoms with Gasteiger partial charge >= 0.3 is 12.5 Å². The van der Waals surface area contributed by atoms with Gasteiger partial charge in [-0.25, -0.2) is 0 Å². The molecule has 43 heavy (non-hydrogen) atoms. The number of halogens is 6. The third kappa shape index (κ3) is 9.69. The number of alkyl halides is 6. The number of rotatable bonds is 11. The zero-order valence-corrected chi connectivity index (χ0v) is 23.0. The van der Waals surface area contributed by atoms with Gasteiger partial charge in [0, 0.05) is 24.3 Å². The van der Waals surface area contributed by atoms with E-state index in [1.807, 2.05) is 0 Å². The normalized spacial score (nSPS) is 15.0. The lowest BCUT2D eigenvalue weighted by molar-refractivity contribution is -0.274. The van der Waals surface area contributed by atoms with E-state index < -0.39 is 36.0 Å². The summed E-state index contributed by atoms with van der Waals surface area (Å²) in [6.45, 7) is 0.444. The predicted octanol–water partition coefficient (Wildman–Crippen LogP) is 7.16. The van der Waals surface area contributed by atoms with Gasteiger partial charge in [0.05, 0.1) is 5.56 Å². The molecule has 1 fully saturated rings. The highest BCUT2D eigenvalue weighted by molar-refractivity contribution is 5.96. The van der Waals surface area contributed by atoms with Gasteiger partial charge < -0.3 is 25.1 Å². The predicted molar refractivity (Wildman–Crippen MR) is 146 cm³/mol. The summed E-state index contributed by atoms with van der Waals surface area (Å²) < 4.78 is 85.1. The fourth-order valence-corrected chi connectivity index (χ4v) is 4.95. The summed E-state index contributed by atoms with van der Waals surface area (Å²) in [5, 5.41) is 8.51. The molecule has 0 saturated heterocycles. The van der Waals surface area contributed by atoms with Gasteiger partial charge in [-0.3, -0.25) is 9.59 Å². The number of ether oxygens (including phenoxy) is 1. The molecule has 1 aromatic heterocycles. The number of nitrogens with one attached hydrogen (secondary N) is 3. The van der Waals surface area contributed by atoms with E-state index in [1.165, 1.54) is 48.5 Å². The molecule has 1 aliphatic carbocycles. The Hall–Kier alpha value is -4.16. The Balaban J connectivity index is 1.33. The number of hydrogen-bond acceptors (Lipinski definition) is 5. The van der Waals surface area contributed by atoms with Gasteiger partial charge in [-0.15, -0.1) is 13.2 Å². The van der Waals surface area contributed by atoms with Crippen LogP contribution in [0.4, 0.5) is 32.0 Å². The molecule has 3 N–H and O–H groups in total. The SMILES string of the molecule is O=C(N[C@@H](CC1CCCCC1)C(=O)NCCNc1ccc(OC(F)(F)F)cc1)c1ccc(-c2ccc(C(F)(F)F)cc2)o1. The van der Waals surface area contributed by atoms with Crippen molar-refractivity contribution in [3.05, 3.63) is 72.0 Å². The molecule has 0 unspecified atom stereocenters. The Kier molecular flexibility index (Phi) is 10.3. The minimum atomic E-state index is -4.78. The van der Waals surface area contributed by atoms with E-state index in [-0.39, 0.29) is 36.3 Å². The van der Waals surface area contributed by atoms with Crippen LogP contribution >= 0.6 is 0 Å². The number of carbonyl (C=O) groups is 2. The van der Waals surface area contributed by atoms with Gasteiger partial charge in [0.2, 0.25) is 5.91 Å². The van der Waals surface area contributed by atoms with E-state index >= 15 is 0 Å². The van der Waals surface area contributed by atoms with Crippen LogP contribution in [0.3, 0.4) is 0 Å². The first-order valence-electron chi connectivity index (χ1n) is 13.8. The molecule has 1 heterocycles. The summed E-state index contributed by atoms with van der Waals surface area (Å²) in [4.78, 5) is 26.1. The van der Waals surface area contributed by atoms with Gasteiger partial charge in [-0.1, -0.05) is 44.2 Å². The molecule has 2 amide bonds. The van der Waals surface area contributed by atoms with Crippen LogP contribution in [0, 0.1) is 5.92 Å². The van der Waals surface area contributed by atoms with Crippen LogP contribution < -0.4 is 20.7 Å². The lowest BCUT2D eigenvalue weighted by atomic mass is 9.84. The van der Waals surface area contributed by atoms with Gasteiger partial charge in [0.15, 0.2) is 5.76 Å². The van der Waals surface area contributed by atoms with E-state index in [4.69, 9.17) is 4.42 Å². The summed E-state index contributed by atoms with van der Waals surface area (Å²) in [6, 6.07) is 11.5. The van der Waals surface area contributed by atoms with Gasteiger partial charge in [0.1, 0.15) is 17.6 Å². The molecule has 7 nitrogen and oxygen atoms in total. The molecule has 0 radical (unpaired) electrons. The minimum absolute atomic E-state index is 0.0871. The van der Waals surface area contributed by atoms with E-state index in [0.29, 0.717) is 17.7 Å². The van der Waals surface area contributed by atoms with Crippen LogP contribution in [0.2, 0.25) is 0 Å². The average Bonchev–Trinajstić information content (AvgIpc) is 3.46. The minimum Gasteiger partial charge on any atom is -0.451 e. The highest BCUT2D eigenvalue weighted by Gasteiger charge is 2.32. The smallest absolute Gasteiger partial charge is 0.451 e.